The fourth-order valence-corrected chi connectivity index (χ4v) is 0.932. The zero-order valence-electron chi connectivity index (χ0n) is 5.82. The Morgan fingerprint density at radius 1 is 1.70 bits per heavy atom. The van der Waals surface area contributed by atoms with Crippen LogP contribution in [-0.4, -0.2) is 6.54 Å². The molecule has 1 aromatic rings. The van der Waals surface area contributed by atoms with E-state index in [1.54, 1.807) is 6.07 Å². The monoisotopic (exact) mass is 154 g/mol. The second kappa shape index (κ2) is 3.47. The molecule has 1 rings (SSSR count). The first-order valence-corrected chi connectivity index (χ1v) is 3.62. The zero-order valence-corrected chi connectivity index (χ0v) is 6.57. The number of anilines is 1. The third-order valence-electron chi connectivity index (χ3n) is 1.15. The summed E-state index contributed by atoms with van der Waals surface area (Å²) in [6.07, 6.45) is 0. The second-order valence-electron chi connectivity index (χ2n) is 1.96. The van der Waals surface area contributed by atoms with Crippen molar-refractivity contribution < 1.29 is 0 Å². The van der Waals surface area contributed by atoms with Crippen molar-refractivity contribution in [2.24, 2.45) is 0 Å². The summed E-state index contributed by atoms with van der Waals surface area (Å²) in [6.45, 7) is 2.96. The number of hydrogen-bond acceptors (Lipinski definition) is 1. The van der Waals surface area contributed by atoms with Gasteiger partial charge in [-0.2, -0.15) is 0 Å². The molecule has 0 fully saturated rings. The van der Waals surface area contributed by atoms with Gasteiger partial charge in [0.15, 0.2) is 0 Å². The van der Waals surface area contributed by atoms with Crippen molar-refractivity contribution in [3.05, 3.63) is 29.3 Å². The maximum atomic E-state index is 5.69. The van der Waals surface area contributed by atoms with Crippen LogP contribution in [0.4, 0.5) is 5.69 Å². The SMILES string of the molecule is CCNc1cc[c]c(Cl)c1. The Labute approximate surface area is 66.0 Å². The minimum absolute atomic E-state index is 0.651. The Kier molecular flexibility index (Phi) is 2.57. The van der Waals surface area contributed by atoms with Crippen molar-refractivity contribution in [3.8, 4) is 0 Å². The molecule has 53 valence electrons. The molecule has 0 saturated carbocycles. The molecule has 0 spiro atoms. The minimum atomic E-state index is 0.651. The van der Waals surface area contributed by atoms with Gasteiger partial charge in [0.1, 0.15) is 0 Å². The summed E-state index contributed by atoms with van der Waals surface area (Å²) in [5.41, 5.74) is 1.05. The van der Waals surface area contributed by atoms with Crippen molar-refractivity contribution in [1.82, 2.24) is 0 Å². The molecule has 0 heterocycles. The largest absolute Gasteiger partial charge is 0.385 e. The van der Waals surface area contributed by atoms with Crippen molar-refractivity contribution in [1.29, 1.82) is 0 Å². The van der Waals surface area contributed by atoms with E-state index in [-0.39, 0.29) is 0 Å². The van der Waals surface area contributed by atoms with Gasteiger partial charge in [-0.3, -0.25) is 0 Å². The van der Waals surface area contributed by atoms with Crippen LogP contribution in [0.15, 0.2) is 18.2 Å². The van der Waals surface area contributed by atoms with Crippen LogP contribution in [0.25, 0.3) is 0 Å². The minimum Gasteiger partial charge on any atom is -0.385 e. The Balaban J connectivity index is 2.75. The van der Waals surface area contributed by atoms with Crippen molar-refractivity contribution in [2.45, 2.75) is 6.92 Å². The van der Waals surface area contributed by atoms with Crippen LogP contribution < -0.4 is 5.32 Å². The summed E-state index contributed by atoms with van der Waals surface area (Å²) in [5.74, 6) is 0. The van der Waals surface area contributed by atoms with Gasteiger partial charge in [-0.1, -0.05) is 17.7 Å². The highest BCUT2D eigenvalue weighted by atomic mass is 35.5. The van der Waals surface area contributed by atoms with E-state index in [2.05, 4.69) is 11.4 Å². The number of benzene rings is 1. The van der Waals surface area contributed by atoms with Crippen LogP contribution in [0.1, 0.15) is 6.92 Å². The molecule has 0 saturated heterocycles. The van der Waals surface area contributed by atoms with Crippen LogP contribution >= 0.6 is 11.6 Å². The maximum Gasteiger partial charge on any atom is 0.0505 e. The number of nitrogens with one attached hydrogen (secondary N) is 1. The number of rotatable bonds is 2. The standard InChI is InChI=1S/C8H9ClN/c1-2-10-8-5-3-4-7(9)6-8/h3,5-6,10H,2H2,1H3. The average Bonchev–Trinajstić information content (AvgIpc) is 1.88. The van der Waals surface area contributed by atoms with Crippen molar-refractivity contribution in [3.63, 3.8) is 0 Å². The van der Waals surface area contributed by atoms with E-state index in [1.165, 1.54) is 0 Å². The predicted molar refractivity (Wildman–Crippen MR) is 44.5 cm³/mol. The van der Waals surface area contributed by atoms with Gasteiger partial charge in [0.2, 0.25) is 0 Å². The highest BCUT2D eigenvalue weighted by Gasteiger charge is 1.89. The Hall–Kier alpha value is -0.690. The zero-order chi connectivity index (χ0) is 7.40. The van der Waals surface area contributed by atoms with E-state index in [4.69, 9.17) is 11.6 Å². The van der Waals surface area contributed by atoms with Gasteiger partial charge in [-0.15, -0.1) is 0 Å². The lowest BCUT2D eigenvalue weighted by atomic mass is 10.3. The molecule has 1 nitrogen and oxygen atoms in total. The van der Waals surface area contributed by atoms with E-state index in [9.17, 15) is 0 Å². The van der Waals surface area contributed by atoms with Gasteiger partial charge in [0.05, 0.1) is 5.02 Å². The Bertz CT molecular complexity index is 210. The summed E-state index contributed by atoms with van der Waals surface area (Å²) in [5, 5.41) is 3.80. The highest BCUT2D eigenvalue weighted by Crippen LogP contribution is 2.13. The van der Waals surface area contributed by atoms with E-state index in [1.807, 2.05) is 19.1 Å². The predicted octanol–water partition coefficient (Wildman–Crippen LogP) is 2.57. The lowest BCUT2D eigenvalue weighted by molar-refractivity contribution is 1.21. The molecule has 0 unspecified atom stereocenters. The number of hydrogen-bond donors (Lipinski definition) is 1. The fourth-order valence-electron chi connectivity index (χ4n) is 0.751. The van der Waals surface area contributed by atoms with E-state index in [0.29, 0.717) is 5.02 Å². The molecule has 1 radical (unpaired) electrons. The van der Waals surface area contributed by atoms with Crippen LogP contribution in [0, 0.1) is 6.07 Å². The van der Waals surface area contributed by atoms with E-state index in [0.717, 1.165) is 12.2 Å². The first kappa shape index (κ1) is 7.42. The fraction of sp³-hybridized carbons (Fsp3) is 0.250. The molecule has 0 aliphatic heterocycles. The number of halogens is 1. The van der Waals surface area contributed by atoms with Crippen LogP contribution in [0.2, 0.25) is 5.02 Å². The average molecular weight is 155 g/mol. The molecular formula is C8H9ClN. The first-order valence-electron chi connectivity index (χ1n) is 3.24. The van der Waals surface area contributed by atoms with Gasteiger partial charge >= 0.3 is 0 Å². The molecule has 0 aromatic heterocycles. The maximum absolute atomic E-state index is 5.69. The molecule has 0 atom stereocenters. The quantitative estimate of drug-likeness (QED) is 0.691. The smallest absolute Gasteiger partial charge is 0.0505 e. The summed E-state index contributed by atoms with van der Waals surface area (Å²) in [4.78, 5) is 0. The highest BCUT2D eigenvalue weighted by molar-refractivity contribution is 6.30. The third kappa shape index (κ3) is 1.92. The van der Waals surface area contributed by atoms with Crippen LogP contribution in [0.3, 0.4) is 0 Å². The van der Waals surface area contributed by atoms with Gasteiger partial charge in [-0.05, 0) is 19.1 Å². The first-order chi connectivity index (χ1) is 4.83. The molecule has 1 aromatic carbocycles. The molecule has 0 aliphatic rings. The van der Waals surface area contributed by atoms with E-state index >= 15 is 0 Å². The molecule has 0 aliphatic carbocycles. The molecule has 10 heavy (non-hydrogen) atoms. The van der Waals surface area contributed by atoms with Gasteiger partial charge in [0.25, 0.3) is 0 Å². The summed E-state index contributed by atoms with van der Waals surface area (Å²) >= 11 is 5.69. The summed E-state index contributed by atoms with van der Waals surface area (Å²) < 4.78 is 0. The summed E-state index contributed by atoms with van der Waals surface area (Å²) in [6, 6.07) is 8.45. The van der Waals surface area contributed by atoms with Crippen LogP contribution in [0.5, 0.6) is 0 Å². The van der Waals surface area contributed by atoms with Crippen molar-refractivity contribution in [2.75, 3.05) is 11.9 Å². The second-order valence-corrected chi connectivity index (χ2v) is 2.36. The molecular weight excluding hydrogens is 146 g/mol. The topological polar surface area (TPSA) is 12.0 Å². The van der Waals surface area contributed by atoms with Gasteiger partial charge < -0.3 is 5.32 Å². The molecule has 1 N–H and O–H groups in total. The normalized spacial score (nSPS) is 9.40. The lowest BCUT2D eigenvalue weighted by Crippen LogP contribution is -1.95. The van der Waals surface area contributed by atoms with Crippen LogP contribution in [-0.2, 0) is 0 Å². The van der Waals surface area contributed by atoms with E-state index < -0.39 is 0 Å². The van der Waals surface area contributed by atoms with Crippen molar-refractivity contribution >= 4 is 17.3 Å². The molecule has 0 bridgehead atoms. The molecule has 2 heteroatoms. The van der Waals surface area contributed by atoms with Gasteiger partial charge in [0, 0.05) is 18.3 Å². The molecule has 0 amide bonds. The Morgan fingerprint density at radius 3 is 3.10 bits per heavy atom. The third-order valence-corrected chi connectivity index (χ3v) is 1.37. The Morgan fingerprint density at radius 2 is 2.50 bits per heavy atom. The summed E-state index contributed by atoms with van der Waals surface area (Å²) in [7, 11) is 0. The van der Waals surface area contributed by atoms with Gasteiger partial charge in [-0.25, -0.2) is 0 Å². The lowest BCUT2D eigenvalue weighted by Gasteiger charge is -2.00.